The molecule has 0 aliphatic carbocycles. The van der Waals surface area contributed by atoms with Crippen LogP contribution in [0.3, 0.4) is 0 Å². The van der Waals surface area contributed by atoms with E-state index in [1.54, 1.807) is 0 Å². The number of rotatable bonds is 7. The first-order valence-electron chi connectivity index (χ1n) is 9.80. The Balaban J connectivity index is 1.79. The molecule has 7 nitrogen and oxygen atoms in total. The first kappa shape index (κ1) is 27.3. The Bertz CT molecular complexity index is 1230. The van der Waals surface area contributed by atoms with E-state index in [4.69, 9.17) is 0 Å². The first-order valence-corrected chi connectivity index (χ1v) is 9.80. The van der Waals surface area contributed by atoms with E-state index in [0.717, 1.165) is 35.4 Å². The third-order valence-corrected chi connectivity index (χ3v) is 4.30. The van der Waals surface area contributed by atoms with Crippen LogP contribution in [-0.2, 0) is 6.18 Å². The number of alkyl halides is 9. The third kappa shape index (κ3) is 8.43. The number of hydrazone groups is 1. The minimum absolute atomic E-state index is 0.178. The molecule has 16 heteroatoms. The molecule has 1 aromatic heterocycles. The quantitative estimate of drug-likeness (QED) is 0.210. The van der Waals surface area contributed by atoms with Gasteiger partial charge in [-0.15, -0.1) is 26.3 Å². The van der Waals surface area contributed by atoms with Crippen LogP contribution in [0.4, 0.5) is 57.0 Å². The molecule has 1 N–H and O–H groups in total. The van der Waals surface area contributed by atoms with Gasteiger partial charge in [0, 0.05) is 18.8 Å². The molecule has 2 aromatic carbocycles. The Kier molecular flexibility index (Phi) is 7.69. The molecule has 0 fully saturated rings. The third-order valence-electron chi connectivity index (χ3n) is 4.30. The van der Waals surface area contributed by atoms with Crippen LogP contribution in [-0.4, -0.2) is 36.0 Å². The molecule has 0 spiro atoms. The molecule has 0 saturated carbocycles. The van der Waals surface area contributed by atoms with Crippen molar-refractivity contribution in [2.45, 2.75) is 18.9 Å². The smallest absolute Gasteiger partial charge is 0.406 e. The molecule has 37 heavy (non-hydrogen) atoms. The van der Waals surface area contributed by atoms with Gasteiger partial charge >= 0.3 is 18.9 Å². The minimum Gasteiger partial charge on any atom is -0.406 e. The summed E-state index contributed by atoms with van der Waals surface area (Å²) in [6.45, 7) is 0. The number of halogens is 9. The molecule has 0 bridgehead atoms. The zero-order valence-corrected chi connectivity index (χ0v) is 18.3. The van der Waals surface area contributed by atoms with E-state index in [0.29, 0.717) is 6.07 Å². The second kappa shape index (κ2) is 10.4. The lowest BCUT2D eigenvalue weighted by Gasteiger charge is -2.20. The Labute approximate surface area is 202 Å². The summed E-state index contributed by atoms with van der Waals surface area (Å²) in [5, 5.41) is 3.69. The molecule has 0 aliphatic heterocycles. The first-order chi connectivity index (χ1) is 17.1. The topological polar surface area (TPSA) is 71.9 Å². The van der Waals surface area contributed by atoms with E-state index in [9.17, 15) is 39.5 Å². The average molecular weight is 539 g/mol. The summed E-state index contributed by atoms with van der Waals surface area (Å²) in [7, 11) is 1.32. The maximum atomic E-state index is 13.4. The van der Waals surface area contributed by atoms with Crippen molar-refractivity contribution < 1.29 is 49.0 Å². The molecule has 198 valence electrons. The van der Waals surface area contributed by atoms with Crippen LogP contribution < -0.4 is 19.8 Å². The van der Waals surface area contributed by atoms with Gasteiger partial charge in [0.1, 0.15) is 17.3 Å². The van der Waals surface area contributed by atoms with Crippen LogP contribution in [0.25, 0.3) is 0 Å². The van der Waals surface area contributed by atoms with Gasteiger partial charge in [0.2, 0.25) is 5.95 Å². The molecule has 1 heterocycles. The Morgan fingerprint density at radius 2 is 1.30 bits per heavy atom. The molecular weight excluding hydrogens is 525 g/mol. The van der Waals surface area contributed by atoms with Crippen molar-refractivity contribution in [3.05, 3.63) is 65.9 Å². The Hall–Kier alpha value is -4.24. The second-order valence-electron chi connectivity index (χ2n) is 7.02. The zero-order valence-electron chi connectivity index (χ0n) is 18.3. The van der Waals surface area contributed by atoms with Gasteiger partial charge in [0.05, 0.1) is 6.21 Å². The second-order valence-corrected chi connectivity index (χ2v) is 7.02. The van der Waals surface area contributed by atoms with Crippen molar-refractivity contribution in [1.29, 1.82) is 0 Å². The SMILES string of the molecule is CN(c1ccc(OC(F)(F)F)cc1)c1cc(C(F)(F)F)nc(N/N=C\c2ccc(OC(F)(F)F)cc2)n1. The number of hydrogen-bond donors (Lipinski definition) is 1. The summed E-state index contributed by atoms with van der Waals surface area (Å²) < 4.78 is 121. The predicted molar refractivity (Wildman–Crippen MR) is 113 cm³/mol. The van der Waals surface area contributed by atoms with Crippen LogP contribution in [0, 0.1) is 0 Å². The highest BCUT2D eigenvalue weighted by molar-refractivity contribution is 5.80. The van der Waals surface area contributed by atoms with E-state index < -0.39 is 42.0 Å². The van der Waals surface area contributed by atoms with Crippen LogP contribution in [0.5, 0.6) is 11.5 Å². The monoisotopic (exact) mass is 539 g/mol. The summed E-state index contributed by atoms with van der Waals surface area (Å²) in [5.41, 5.74) is 1.31. The maximum absolute atomic E-state index is 13.4. The van der Waals surface area contributed by atoms with Crippen molar-refractivity contribution in [2.24, 2.45) is 5.10 Å². The lowest BCUT2D eigenvalue weighted by molar-refractivity contribution is -0.275. The molecule has 3 aromatic rings. The van der Waals surface area contributed by atoms with Crippen molar-refractivity contribution in [2.75, 3.05) is 17.4 Å². The number of nitrogens with one attached hydrogen (secondary N) is 1. The van der Waals surface area contributed by atoms with Gasteiger partial charge in [0.15, 0.2) is 5.69 Å². The van der Waals surface area contributed by atoms with Crippen LogP contribution >= 0.6 is 0 Å². The van der Waals surface area contributed by atoms with Gasteiger partial charge < -0.3 is 14.4 Å². The Morgan fingerprint density at radius 3 is 1.78 bits per heavy atom. The number of hydrogen-bond acceptors (Lipinski definition) is 7. The zero-order chi connectivity index (χ0) is 27.4. The van der Waals surface area contributed by atoms with Crippen LogP contribution in [0.2, 0.25) is 0 Å². The minimum atomic E-state index is -4.92. The summed E-state index contributed by atoms with van der Waals surface area (Å²) in [4.78, 5) is 8.42. The van der Waals surface area contributed by atoms with Crippen LogP contribution in [0.1, 0.15) is 11.3 Å². The molecule has 0 amide bonds. The number of aromatic nitrogens is 2. The normalized spacial score (nSPS) is 12.5. The van der Waals surface area contributed by atoms with Gasteiger partial charge in [-0.2, -0.15) is 23.3 Å². The van der Waals surface area contributed by atoms with Crippen molar-refractivity contribution in [1.82, 2.24) is 9.97 Å². The van der Waals surface area contributed by atoms with E-state index in [1.807, 2.05) is 0 Å². The number of benzene rings is 2. The molecule has 0 atom stereocenters. The van der Waals surface area contributed by atoms with Gasteiger partial charge in [-0.25, -0.2) is 10.4 Å². The molecule has 0 aliphatic rings. The fraction of sp³-hybridized carbons (Fsp3) is 0.190. The average Bonchev–Trinajstić information content (AvgIpc) is 2.77. The standard InChI is InChI=1S/C21H14F9N5O2/c1-35(13-4-8-15(9-5-13)37-21(28,29)30)17-10-16(19(22,23)24)32-18(33-17)34-31-11-12-2-6-14(7-3-12)36-20(25,26)27/h2-11H,1H3,(H,32,33,34)/b31-11-. The summed E-state index contributed by atoms with van der Waals surface area (Å²) in [6, 6.07) is 9.35. The molecule has 0 saturated heterocycles. The summed E-state index contributed by atoms with van der Waals surface area (Å²) >= 11 is 0. The fourth-order valence-corrected chi connectivity index (χ4v) is 2.73. The van der Waals surface area contributed by atoms with E-state index in [2.05, 4.69) is 30.0 Å². The molecular formula is C21H14F9N5O2. The lowest BCUT2D eigenvalue weighted by Crippen LogP contribution is -2.18. The Morgan fingerprint density at radius 1 is 0.784 bits per heavy atom. The van der Waals surface area contributed by atoms with E-state index in [1.165, 1.54) is 31.3 Å². The summed E-state index contributed by atoms with van der Waals surface area (Å²) in [6.07, 6.45) is -13.6. The lowest BCUT2D eigenvalue weighted by atomic mass is 10.2. The van der Waals surface area contributed by atoms with Gasteiger partial charge in [-0.05, 0) is 54.1 Å². The highest BCUT2D eigenvalue weighted by Gasteiger charge is 2.34. The van der Waals surface area contributed by atoms with Crippen molar-refractivity contribution in [3.8, 4) is 11.5 Å². The van der Waals surface area contributed by atoms with Gasteiger partial charge in [-0.1, -0.05) is 0 Å². The highest BCUT2D eigenvalue weighted by Crippen LogP contribution is 2.33. The molecule has 0 unspecified atom stereocenters. The molecule has 3 rings (SSSR count). The van der Waals surface area contributed by atoms with Crippen LogP contribution in [0.15, 0.2) is 59.7 Å². The van der Waals surface area contributed by atoms with E-state index in [-0.39, 0.29) is 17.1 Å². The van der Waals surface area contributed by atoms with Crippen molar-refractivity contribution in [3.63, 3.8) is 0 Å². The van der Waals surface area contributed by atoms with E-state index >= 15 is 0 Å². The van der Waals surface area contributed by atoms with Gasteiger partial charge in [0.25, 0.3) is 0 Å². The summed E-state index contributed by atoms with van der Waals surface area (Å²) in [5.74, 6) is -1.87. The van der Waals surface area contributed by atoms with Gasteiger partial charge in [-0.3, -0.25) is 0 Å². The maximum Gasteiger partial charge on any atom is 0.573 e. The number of ether oxygens (including phenoxy) is 2. The molecule has 0 radical (unpaired) electrons. The number of anilines is 3. The fourth-order valence-electron chi connectivity index (χ4n) is 2.73. The van der Waals surface area contributed by atoms with Crippen molar-refractivity contribution >= 4 is 23.7 Å². The largest absolute Gasteiger partial charge is 0.573 e. The highest BCUT2D eigenvalue weighted by atomic mass is 19.4. The number of nitrogens with zero attached hydrogens (tertiary/aromatic N) is 4. The predicted octanol–water partition coefficient (Wildman–Crippen LogP) is 6.51.